The fourth-order valence-corrected chi connectivity index (χ4v) is 3.82. The van der Waals surface area contributed by atoms with Gasteiger partial charge in [0.15, 0.2) is 5.76 Å². The fourth-order valence-electron chi connectivity index (χ4n) is 3.82. The van der Waals surface area contributed by atoms with Gasteiger partial charge < -0.3 is 13.9 Å². The molecule has 1 aromatic carbocycles. The first-order valence-corrected chi connectivity index (χ1v) is 8.95. The van der Waals surface area contributed by atoms with Gasteiger partial charge in [0.1, 0.15) is 5.82 Å². The number of furan rings is 1. The highest BCUT2D eigenvalue weighted by atomic mass is 16.3. The van der Waals surface area contributed by atoms with Crippen LogP contribution in [0.1, 0.15) is 55.0 Å². The van der Waals surface area contributed by atoms with Gasteiger partial charge >= 0.3 is 0 Å². The van der Waals surface area contributed by atoms with Crippen LogP contribution < -0.4 is 0 Å². The molecule has 1 saturated heterocycles. The van der Waals surface area contributed by atoms with Gasteiger partial charge in [-0.05, 0) is 51.0 Å². The van der Waals surface area contributed by atoms with Crippen LogP contribution in [0.25, 0.3) is 11.0 Å². The zero-order chi connectivity index (χ0) is 17.4. The first-order valence-electron chi connectivity index (χ1n) is 8.95. The Morgan fingerprint density at radius 1 is 1.24 bits per heavy atom. The second-order valence-electron chi connectivity index (χ2n) is 6.99. The quantitative estimate of drug-likeness (QED) is 0.718. The van der Waals surface area contributed by atoms with Crippen molar-refractivity contribution >= 4 is 16.9 Å². The van der Waals surface area contributed by atoms with Crippen molar-refractivity contribution in [2.45, 2.75) is 38.6 Å². The maximum atomic E-state index is 12.6. The Morgan fingerprint density at radius 3 is 2.84 bits per heavy atom. The van der Waals surface area contributed by atoms with Crippen LogP contribution >= 0.6 is 0 Å². The fraction of sp³-hybridized carbons (Fsp3) is 0.400. The Bertz CT molecular complexity index is 880. The average molecular weight is 337 g/mol. The second-order valence-corrected chi connectivity index (χ2v) is 6.99. The van der Waals surface area contributed by atoms with E-state index in [2.05, 4.69) is 36.6 Å². The van der Waals surface area contributed by atoms with Gasteiger partial charge in [0.05, 0.1) is 17.3 Å². The predicted molar refractivity (Wildman–Crippen MR) is 96.7 cm³/mol. The molecule has 1 unspecified atom stereocenters. The van der Waals surface area contributed by atoms with Gasteiger partial charge in [0.2, 0.25) is 0 Å². The lowest BCUT2D eigenvalue weighted by Gasteiger charge is -2.32. The number of carbonyl (C=O) groups is 1. The number of rotatable bonds is 3. The van der Waals surface area contributed by atoms with Crippen molar-refractivity contribution in [1.82, 2.24) is 14.5 Å². The largest absolute Gasteiger partial charge is 0.459 e. The Labute approximate surface area is 147 Å². The van der Waals surface area contributed by atoms with Gasteiger partial charge in [-0.1, -0.05) is 12.1 Å². The lowest BCUT2D eigenvalue weighted by molar-refractivity contribution is 0.0671. The van der Waals surface area contributed by atoms with Crippen molar-refractivity contribution in [3.05, 3.63) is 54.2 Å². The third-order valence-electron chi connectivity index (χ3n) is 4.95. The van der Waals surface area contributed by atoms with Crippen molar-refractivity contribution < 1.29 is 9.21 Å². The maximum absolute atomic E-state index is 12.6. The van der Waals surface area contributed by atoms with E-state index in [-0.39, 0.29) is 11.8 Å². The molecule has 3 heterocycles. The van der Waals surface area contributed by atoms with Crippen molar-refractivity contribution in [2.24, 2.45) is 0 Å². The highest BCUT2D eigenvalue weighted by molar-refractivity contribution is 5.91. The minimum absolute atomic E-state index is 0.0260. The number of piperidine rings is 1. The second kappa shape index (κ2) is 6.39. The number of nitrogens with zero attached hydrogens (tertiary/aromatic N) is 3. The van der Waals surface area contributed by atoms with E-state index < -0.39 is 0 Å². The van der Waals surface area contributed by atoms with Crippen molar-refractivity contribution in [2.75, 3.05) is 13.1 Å². The number of carbonyl (C=O) groups excluding carboxylic acids is 1. The van der Waals surface area contributed by atoms with Crippen LogP contribution in [0.5, 0.6) is 0 Å². The molecular weight excluding hydrogens is 314 g/mol. The molecule has 0 bridgehead atoms. The molecule has 0 radical (unpaired) electrons. The number of hydrogen-bond donors (Lipinski definition) is 0. The number of likely N-dealkylation sites (tertiary alicyclic amines) is 1. The van der Waals surface area contributed by atoms with E-state index in [4.69, 9.17) is 9.40 Å². The van der Waals surface area contributed by atoms with Crippen LogP contribution in [0, 0.1) is 0 Å². The number of fused-ring (bicyclic) bond motifs is 1. The molecule has 0 N–H and O–H groups in total. The van der Waals surface area contributed by atoms with Gasteiger partial charge in [0.25, 0.3) is 5.91 Å². The standard InChI is InChI=1S/C20H23N3O2/c1-14(2)23-17-9-4-3-8-16(17)21-19(23)15-7-5-11-22(13-15)20(24)18-10-6-12-25-18/h3-4,6,8-10,12,14-15H,5,7,11,13H2,1-2H3. The molecule has 1 aliphatic rings. The van der Waals surface area contributed by atoms with Crippen molar-refractivity contribution in [3.63, 3.8) is 0 Å². The van der Waals surface area contributed by atoms with E-state index in [0.717, 1.165) is 30.7 Å². The smallest absolute Gasteiger partial charge is 0.289 e. The summed E-state index contributed by atoms with van der Waals surface area (Å²) >= 11 is 0. The average Bonchev–Trinajstić information content (AvgIpc) is 3.28. The molecule has 25 heavy (non-hydrogen) atoms. The molecule has 1 atom stereocenters. The summed E-state index contributed by atoms with van der Waals surface area (Å²) in [7, 11) is 0. The van der Waals surface area contributed by atoms with Gasteiger partial charge in [-0.25, -0.2) is 4.98 Å². The number of para-hydroxylation sites is 2. The molecule has 1 aliphatic heterocycles. The number of amides is 1. The Hall–Kier alpha value is -2.56. The van der Waals surface area contributed by atoms with E-state index in [0.29, 0.717) is 18.3 Å². The normalized spacial score (nSPS) is 18.2. The summed E-state index contributed by atoms with van der Waals surface area (Å²) in [5.41, 5.74) is 2.20. The summed E-state index contributed by atoms with van der Waals surface area (Å²) in [6, 6.07) is 12.1. The monoisotopic (exact) mass is 337 g/mol. The van der Waals surface area contributed by atoms with E-state index >= 15 is 0 Å². The van der Waals surface area contributed by atoms with Gasteiger partial charge in [0, 0.05) is 25.0 Å². The van der Waals surface area contributed by atoms with Crippen LogP contribution in [-0.2, 0) is 0 Å². The summed E-state index contributed by atoms with van der Waals surface area (Å²) in [5, 5.41) is 0. The number of benzene rings is 1. The van der Waals surface area contributed by atoms with E-state index in [9.17, 15) is 4.79 Å². The number of imidazole rings is 1. The van der Waals surface area contributed by atoms with Crippen LogP contribution in [-0.4, -0.2) is 33.4 Å². The topological polar surface area (TPSA) is 51.3 Å². The highest BCUT2D eigenvalue weighted by Gasteiger charge is 2.30. The third-order valence-corrected chi connectivity index (χ3v) is 4.95. The van der Waals surface area contributed by atoms with Crippen LogP contribution in [0.15, 0.2) is 47.1 Å². The van der Waals surface area contributed by atoms with E-state index in [1.165, 1.54) is 5.52 Å². The lowest BCUT2D eigenvalue weighted by atomic mass is 9.96. The predicted octanol–water partition coefficient (Wildman–Crippen LogP) is 4.23. The minimum atomic E-state index is -0.0260. The SMILES string of the molecule is CC(C)n1c(C2CCCN(C(=O)c3ccco3)C2)nc2ccccc21. The summed E-state index contributed by atoms with van der Waals surface area (Å²) in [6.45, 7) is 5.84. The van der Waals surface area contributed by atoms with Gasteiger partial charge in [-0.3, -0.25) is 4.79 Å². The van der Waals surface area contributed by atoms with Crippen molar-refractivity contribution in [3.8, 4) is 0 Å². The maximum Gasteiger partial charge on any atom is 0.289 e. The molecule has 130 valence electrons. The molecule has 0 aliphatic carbocycles. The molecular formula is C20H23N3O2. The zero-order valence-corrected chi connectivity index (χ0v) is 14.7. The number of hydrogen-bond acceptors (Lipinski definition) is 3. The third kappa shape index (κ3) is 2.84. The summed E-state index contributed by atoms with van der Waals surface area (Å²) in [4.78, 5) is 19.4. The highest BCUT2D eigenvalue weighted by Crippen LogP contribution is 2.32. The molecule has 2 aromatic heterocycles. The molecule has 0 spiro atoms. The molecule has 1 fully saturated rings. The molecule has 0 saturated carbocycles. The summed E-state index contributed by atoms with van der Waals surface area (Å²) in [5.74, 6) is 1.73. The van der Waals surface area contributed by atoms with Crippen LogP contribution in [0.2, 0.25) is 0 Å². The van der Waals surface area contributed by atoms with Crippen LogP contribution in [0.4, 0.5) is 0 Å². The summed E-state index contributed by atoms with van der Waals surface area (Å²) in [6.07, 6.45) is 3.59. The van der Waals surface area contributed by atoms with Crippen molar-refractivity contribution in [1.29, 1.82) is 0 Å². The Kier molecular flexibility index (Phi) is 4.07. The Morgan fingerprint density at radius 2 is 2.08 bits per heavy atom. The molecule has 5 nitrogen and oxygen atoms in total. The molecule has 5 heteroatoms. The first-order chi connectivity index (χ1) is 12.1. The minimum Gasteiger partial charge on any atom is -0.459 e. The van der Waals surface area contributed by atoms with E-state index in [1.807, 2.05) is 11.0 Å². The van der Waals surface area contributed by atoms with Crippen LogP contribution in [0.3, 0.4) is 0 Å². The summed E-state index contributed by atoms with van der Waals surface area (Å²) < 4.78 is 7.61. The molecule has 4 rings (SSSR count). The first kappa shape index (κ1) is 15.9. The number of aromatic nitrogens is 2. The zero-order valence-electron chi connectivity index (χ0n) is 14.7. The lowest BCUT2D eigenvalue weighted by Crippen LogP contribution is -2.39. The Balaban J connectivity index is 1.66. The molecule has 3 aromatic rings. The van der Waals surface area contributed by atoms with Gasteiger partial charge in [-0.15, -0.1) is 0 Å². The van der Waals surface area contributed by atoms with E-state index in [1.54, 1.807) is 18.4 Å². The van der Waals surface area contributed by atoms with Gasteiger partial charge in [-0.2, -0.15) is 0 Å². The molecule has 1 amide bonds.